The van der Waals surface area contributed by atoms with Gasteiger partial charge in [-0.1, -0.05) is 11.6 Å². The van der Waals surface area contributed by atoms with Crippen LogP contribution in [0.5, 0.6) is 0 Å². The number of rotatable bonds is 1. The van der Waals surface area contributed by atoms with E-state index in [4.69, 9.17) is 11.6 Å². The van der Waals surface area contributed by atoms with Crippen molar-refractivity contribution in [3.63, 3.8) is 0 Å². The molecule has 3 rings (SSSR count). The van der Waals surface area contributed by atoms with Crippen molar-refractivity contribution in [2.45, 2.75) is 0 Å². The predicted molar refractivity (Wildman–Crippen MR) is 64.3 cm³/mol. The summed E-state index contributed by atoms with van der Waals surface area (Å²) in [6, 6.07) is 6.02. The molecule has 0 fully saturated rings. The minimum Gasteiger partial charge on any atom is -0.337 e. The maximum atomic E-state index is 12.9. The molecule has 17 heavy (non-hydrogen) atoms. The summed E-state index contributed by atoms with van der Waals surface area (Å²) in [7, 11) is 0. The number of halogens is 2. The Morgan fingerprint density at radius 1 is 1.24 bits per heavy atom. The average Bonchev–Trinajstić information content (AvgIpc) is 2.72. The largest absolute Gasteiger partial charge is 0.337 e. The first-order valence-corrected chi connectivity index (χ1v) is 5.37. The first kappa shape index (κ1) is 10.2. The van der Waals surface area contributed by atoms with Gasteiger partial charge < -0.3 is 4.98 Å². The van der Waals surface area contributed by atoms with Gasteiger partial charge in [0.2, 0.25) is 0 Å². The highest BCUT2D eigenvalue weighted by molar-refractivity contribution is 6.33. The van der Waals surface area contributed by atoms with Gasteiger partial charge in [0.25, 0.3) is 0 Å². The molecule has 0 saturated carbocycles. The molecule has 2 heterocycles. The Morgan fingerprint density at radius 3 is 2.88 bits per heavy atom. The van der Waals surface area contributed by atoms with Crippen LogP contribution in [-0.2, 0) is 0 Å². The molecular formula is C12H7ClFN3. The summed E-state index contributed by atoms with van der Waals surface area (Å²) in [5.41, 5.74) is 2.29. The van der Waals surface area contributed by atoms with E-state index in [1.54, 1.807) is 24.5 Å². The van der Waals surface area contributed by atoms with Crippen LogP contribution in [0.15, 0.2) is 36.7 Å². The van der Waals surface area contributed by atoms with Crippen LogP contribution in [-0.4, -0.2) is 15.0 Å². The normalized spacial score (nSPS) is 10.9. The summed E-state index contributed by atoms with van der Waals surface area (Å²) in [6.45, 7) is 0. The van der Waals surface area contributed by atoms with E-state index in [9.17, 15) is 4.39 Å². The predicted octanol–water partition coefficient (Wildman–Crippen LogP) is 3.42. The summed E-state index contributed by atoms with van der Waals surface area (Å²) in [5, 5.41) is 0.331. The quantitative estimate of drug-likeness (QED) is 0.716. The molecule has 0 aliphatic rings. The maximum absolute atomic E-state index is 12.9. The van der Waals surface area contributed by atoms with Gasteiger partial charge in [-0.15, -0.1) is 0 Å². The molecule has 5 heteroatoms. The second-order valence-corrected chi connectivity index (χ2v) is 4.01. The molecule has 2 aromatic heterocycles. The van der Waals surface area contributed by atoms with Crippen molar-refractivity contribution in [1.82, 2.24) is 15.0 Å². The fraction of sp³-hybridized carbons (Fsp3) is 0. The van der Waals surface area contributed by atoms with Crippen molar-refractivity contribution in [2.75, 3.05) is 0 Å². The summed E-state index contributed by atoms with van der Waals surface area (Å²) in [6.07, 6.45) is 3.35. The van der Waals surface area contributed by atoms with E-state index < -0.39 is 0 Å². The summed E-state index contributed by atoms with van der Waals surface area (Å²) in [5.74, 6) is 0.245. The van der Waals surface area contributed by atoms with E-state index in [2.05, 4.69) is 15.0 Å². The van der Waals surface area contributed by atoms with Gasteiger partial charge in [-0.2, -0.15) is 0 Å². The number of aromatic nitrogens is 3. The van der Waals surface area contributed by atoms with Crippen LogP contribution in [0, 0.1) is 5.82 Å². The van der Waals surface area contributed by atoms with E-state index in [1.165, 1.54) is 12.1 Å². The van der Waals surface area contributed by atoms with Crippen LogP contribution >= 0.6 is 11.6 Å². The summed E-state index contributed by atoms with van der Waals surface area (Å²) in [4.78, 5) is 11.5. The lowest BCUT2D eigenvalue weighted by Gasteiger charge is -1.99. The first-order valence-electron chi connectivity index (χ1n) is 4.99. The molecule has 3 nitrogen and oxygen atoms in total. The van der Waals surface area contributed by atoms with E-state index in [0.717, 1.165) is 11.0 Å². The number of H-pyrrole nitrogens is 1. The van der Waals surface area contributed by atoms with Gasteiger partial charge in [0.15, 0.2) is 0 Å². The molecule has 0 aliphatic heterocycles. The topological polar surface area (TPSA) is 41.6 Å². The molecule has 84 valence electrons. The molecule has 0 spiro atoms. The Bertz CT molecular complexity index is 660. The van der Waals surface area contributed by atoms with Crippen LogP contribution in [0.25, 0.3) is 22.4 Å². The summed E-state index contributed by atoms with van der Waals surface area (Å²) >= 11 is 5.98. The lowest BCUT2D eigenvalue weighted by Crippen LogP contribution is -1.83. The number of hydrogen-bond donors (Lipinski definition) is 1. The van der Waals surface area contributed by atoms with Crippen LogP contribution in [0.1, 0.15) is 0 Å². The molecular weight excluding hydrogens is 241 g/mol. The van der Waals surface area contributed by atoms with Crippen LogP contribution < -0.4 is 0 Å². The lowest BCUT2D eigenvalue weighted by atomic mass is 10.2. The lowest BCUT2D eigenvalue weighted by molar-refractivity contribution is 0.628. The van der Waals surface area contributed by atoms with Crippen molar-refractivity contribution in [2.24, 2.45) is 0 Å². The zero-order chi connectivity index (χ0) is 11.8. The zero-order valence-electron chi connectivity index (χ0n) is 8.61. The second kappa shape index (κ2) is 3.82. The van der Waals surface area contributed by atoms with Gasteiger partial charge in [-0.05, 0) is 24.3 Å². The summed E-state index contributed by atoms with van der Waals surface area (Å²) < 4.78 is 12.9. The highest BCUT2D eigenvalue weighted by Gasteiger charge is 2.09. The fourth-order valence-electron chi connectivity index (χ4n) is 1.67. The number of benzene rings is 1. The Kier molecular flexibility index (Phi) is 2.30. The van der Waals surface area contributed by atoms with Gasteiger partial charge in [-0.3, -0.25) is 4.98 Å². The molecule has 1 N–H and O–H groups in total. The van der Waals surface area contributed by atoms with E-state index in [0.29, 0.717) is 16.4 Å². The number of hydrogen-bond acceptors (Lipinski definition) is 2. The molecule has 0 radical (unpaired) electrons. The Labute approximate surface area is 101 Å². The van der Waals surface area contributed by atoms with Crippen molar-refractivity contribution in [3.8, 4) is 11.4 Å². The zero-order valence-corrected chi connectivity index (χ0v) is 9.37. The first-order chi connectivity index (χ1) is 8.24. The van der Waals surface area contributed by atoms with Crippen molar-refractivity contribution in [3.05, 3.63) is 47.5 Å². The van der Waals surface area contributed by atoms with Crippen LogP contribution in [0.2, 0.25) is 5.02 Å². The van der Waals surface area contributed by atoms with Gasteiger partial charge in [0.05, 0.1) is 22.3 Å². The van der Waals surface area contributed by atoms with Gasteiger partial charge in [0.1, 0.15) is 11.6 Å². The highest BCUT2D eigenvalue weighted by Crippen LogP contribution is 2.27. The molecule has 0 unspecified atom stereocenters. The smallest absolute Gasteiger partial charge is 0.140 e. The molecule has 0 saturated heterocycles. The molecule has 0 amide bonds. The molecule has 0 atom stereocenters. The van der Waals surface area contributed by atoms with E-state index in [1.807, 2.05) is 0 Å². The van der Waals surface area contributed by atoms with Gasteiger partial charge in [0, 0.05) is 11.8 Å². The van der Waals surface area contributed by atoms with E-state index in [-0.39, 0.29) is 5.82 Å². The number of pyridine rings is 1. The van der Waals surface area contributed by atoms with E-state index >= 15 is 0 Å². The average molecular weight is 248 g/mol. The molecule has 3 aromatic rings. The second-order valence-electron chi connectivity index (χ2n) is 3.60. The Morgan fingerprint density at radius 2 is 2.12 bits per heavy atom. The van der Waals surface area contributed by atoms with Gasteiger partial charge >= 0.3 is 0 Å². The Balaban J connectivity index is 2.20. The third-order valence-corrected chi connectivity index (χ3v) is 2.78. The standard InChI is InChI=1S/C12H7ClFN3/c13-9-5-7(14)1-2-8(9)12-16-10-3-4-15-6-11(10)17-12/h1-6H,(H,16,17). The van der Waals surface area contributed by atoms with Crippen molar-refractivity contribution in [1.29, 1.82) is 0 Å². The highest BCUT2D eigenvalue weighted by atomic mass is 35.5. The van der Waals surface area contributed by atoms with Crippen molar-refractivity contribution < 1.29 is 4.39 Å². The minimum atomic E-state index is -0.364. The number of fused-ring (bicyclic) bond motifs is 1. The fourth-order valence-corrected chi connectivity index (χ4v) is 1.92. The number of nitrogens with one attached hydrogen (secondary N) is 1. The SMILES string of the molecule is Fc1ccc(-c2nc3ccncc3[nH]2)c(Cl)c1. The third-order valence-electron chi connectivity index (χ3n) is 2.47. The monoisotopic (exact) mass is 247 g/mol. The molecule has 0 aliphatic carbocycles. The Hall–Kier alpha value is -1.94. The third kappa shape index (κ3) is 1.76. The molecule has 1 aromatic carbocycles. The van der Waals surface area contributed by atoms with Crippen LogP contribution in [0.4, 0.5) is 4.39 Å². The van der Waals surface area contributed by atoms with Crippen molar-refractivity contribution >= 4 is 22.6 Å². The number of aromatic amines is 1. The maximum Gasteiger partial charge on any atom is 0.140 e. The molecule has 0 bridgehead atoms. The number of nitrogens with zero attached hydrogens (tertiary/aromatic N) is 2. The van der Waals surface area contributed by atoms with Crippen LogP contribution in [0.3, 0.4) is 0 Å². The minimum absolute atomic E-state index is 0.331. The van der Waals surface area contributed by atoms with Gasteiger partial charge in [-0.25, -0.2) is 9.37 Å². The number of imidazole rings is 1.